The first-order valence-electron chi connectivity index (χ1n) is 9.38. The number of aromatic nitrogens is 3. The molecule has 1 saturated heterocycles. The van der Waals surface area contributed by atoms with Crippen LogP contribution < -0.4 is 10.2 Å². The first-order chi connectivity index (χ1) is 13.3. The molecular formula is C19H23N5O2S. The Labute approximate surface area is 162 Å². The number of carbonyl (C=O) groups excluding carboxylic acids is 1. The van der Waals surface area contributed by atoms with Crippen molar-refractivity contribution in [2.75, 3.05) is 24.5 Å². The number of hydrogen-bond donors (Lipinski definition) is 1. The molecule has 1 amide bonds. The van der Waals surface area contributed by atoms with E-state index in [-0.39, 0.29) is 5.91 Å². The lowest BCUT2D eigenvalue weighted by Gasteiger charge is -2.17. The largest absolute Gasteiger partial charge is 0.469 e. The van der Waals surface area contributed by atoms with Crippen LogP contribution in [0.25, 0.3) is 5.13 Å². The van der Waals surface area contributed by atoms with Gasteiger partial charge in [0.2, 0.25) is 10.3 Å². The van der Waals surface area contributed by atoms with E-state index >= 15 is 0 Å². The molecule has 1 aliphatic rings. The van der Waals surface area contributed by atoms with Crippen LogP contribution in [0, 0.1) is 0 Å². The molecule has 0 spiro atoms. The zero-order chi connectivity index (χ0) is 18.5. The van der Waals surface area contributed by atoms with Gasteiger partial charge in [-0.2, -0.15) is 0 Å². The summed E-state index contributed by atoms with van der Waals surface area (Å²) >= 11 is 1.53. The molecule has 7 nitrogen and oxygen atoms in total. The minimum Gasteiger partial charge on any atom is -0.469 e. The van der Waals surface area contributed by atoms with Crippen LogP contribution in [-0.4, -0.2) is 40.3 Å². The van der Waals surface area contributed by atoms with E-state index < -0.39 is 0 Å². The fourth-order valence-electron chi connectivity index (χ4n) is 3.27. The first-order valence-corrected chi connectivity index (χ1v) is 10.2. The number of nitrogens with one attached hydrogen (secondary N) is 1. The Kier molecular flexibility index (Phi) is 5.53. The number of furan rings is 1. The number of amides is 1. The predicted molar refractivity (Wildman–Crippen MR) is 105 cm³/mol. The SMILES string of the molecule is O=C(NCCc1ccco1)c1cccn1-c1nnc(N2CCCCCC2)s1. The number of anilines is 1. The van der Waals surface area contributed by atoms with Crippen molar-refractivity contribution in [3.63, 3.8) is 0 Å². The number of nitrogens with zero attached hydrogens (tertiary/aromatic N) is 4. The summed E-state index contributed by atoms with van der Waals surface area (Å²) in [6.45, 7) is 2.58. The molecule has 1 aliphatic heterocycles. The molecular weight excluding hydrogens is 362 g/mol. The van der Waals surface area contributed by atoms with Crippen LogP contribution >= 0.6 is 11.3 Å². The standard InChI is InChI=1S/C19H23N5O2S/c25-17(20-10-9-15-7-6-14-26-15)16-8-5-13-24(16)19-22-21-18(27-19)23-11-3-1-2-4-12-23/h5-8,13-14H,1-4,9-12H2,(H,20,25). The maximum atomic E-state index is 12.6. The van der Waals surface area contributed by atoms with Crippen molar-refractivity contribution >= 4 is 22.4 Å². The van der Waals surface area contributed by atoms with Crippen molar-refractivity contribution in [1.29, 1.82) is 0 Å². The van der Waals surface area contributed by atoms with E-state index in [1.54, 1.807) is 16.9 Å². The molecule has 0 aliphatic carbocycles. The van der Waals surface area contributed by atoms with Gasteiger partial charge in [0.1, 0.15) is 11.5 Å². The van der Waals surface area contributed by atoms with Gasteiger partial charge in [-0.1, -0.05) is 24.2 Å². The van der Waals surface area contributed by atoms with E-state index in [2.05, 4.69) is 20.4 Å². The molecule has 4 rings (SSSR count). The fraction of sp³-hybridized carbons (Fsp3) is 0.421. The Balaban J connectivity index is 1.42. The second-order valence-electron chi connectivity index (χ2n) is 6.62. The summed E-state index contributed by atoms with van der Waals surface area (Å²) in [7, 11) is 0. The van der Waals surface area contributed by atoms with Gasteiger partial charge in [-0.15, -0.1) is 10.2 Å². The summed E-state index contributed by atoms with van der Waals surface area (Å²) in [5.41, 5.74) is 0.563. The van der Waals surface area contributed by atoms with Gasteiger partial charge >= 0.3 is 0 Å². The van der Waals surface area contributed by atoms with Crippen molar-refractivity contribution in [2.45, 2.75) is 32.1 Å². The summed E-state index contributed by atoms with van der Waals surface area (Å²) in [6, 6.07) is 7.41. The molecule has 4 heterocycles. The number of rotatable bonds is 6. The van der Waals surface area contributed by atoms with Crippen molar-refractivity contribution in [3.05, 3.63) is 48.2 Å². The van der Waals surface area contributed by atoms with Gasteiger partial charge in [-0.3, -0.25) is 9.36 Å². The predicted octanol–water partition coefficient (Wildman–Crippen LogP) is 3.27. The van der Waals surface area contributed by atoms with Crippen LogP contribution in [0.1, 0.15) is 41.9 Å². The minimum absolute atomic E-state index is 0.127. The third-order valence-electron chi connectivity index (χ3n) is 4.70. The molecule has 1 N–H and O–H groups in total. The van der Waals surface area contributed by atoms with Crippen LogP contribution in [0.5, 0.6) is 0 Å². The lowest BCUT2D eigenvalue weighted by atomic mass is 10.2. The highest BCUT2D eigenvalue weighted by Gasteiger charge is 2.18. The van der Waals surface area contributed by atoms with E-state index in [4.69, 9.17) is 4.42 Å². The Bertz CT molecular complexity index is 862. The molecule has 0 atom stereocenters. The lowest BCUT2D eigenvalue weighted by Crippen LogP contribution is -2.27. The Morgan fingerprint density at radius 3 is 2.70 bits per heavy atom. The molecule has 0 bridgehead atoms. The average Bonchev–Trinajstić information content (AvgIpc) is 3.41. The third-order valence-corrected chi connectivity index (χ3v) is 5.69. The molecule has 27 heavy (non-hydrogen) atoms. The summed E-state index contributed by atoms with van der Waals surface area (Å²) in [5.74, 6) is 0.731. The molecule has 142 valence electrons. The van der Waals surface area contributed by atoms with Gasteiger partial charge in [0.05, 0.1) is 6.26 Å². The Hall–Kier alpha value is -2.61. The zero-order valence-electron chi connectivity index (χ0n) is 15.1. The summed E-state index contributed by atoms with van der Waals surface area (Å²) in [4.78, 5) is 14.9. The van der Waals surface area contributed by atoms with Crippen molar-refractivity contribution < 1.29 is 9.21 Å². The topological polar surface area (TPSA) is 76.2 Å². The second kappa shape index (κ2) is 8.39. The van der Waals surface area contributed by atoms with Crippen LogP contribution in [-0.2, 0) is 6.42 Å². The molecule has 3 aromatic rings. The van der Waals surface area contributed by atoms with Crippen molar-refractivity contribution in [3.8, 4) is 5.13 Å². The maximum absolute atomic E-state index is 12.6. The van der Waals surface area contributed by atoms with Crippen LogP contribution in [0.3, 0.4) is 0 Å². The number of hydrogen-bond acceptors (Lipinski definition) is 6. The fourth-order valence-corrected chi connectivity index (χ4v) is 4.17. The highest BCUT2D eigenvalue weighted by Crippen LogP contribution is 2.26. The van der Waals surface area contributed by atoms with E-state index in [1.165, 1.54) is 37.0 Å². The molecule has 8 heteroatoms. The van der Waals surface area contributed by atoms with Crippen LogP contribution in [0.4, 0.5) is 5.13 Å². The quantitative estimate of drug-likeness (QED) is 0.705. The van der Waals surface area contributed by atoms with Crippen LogP contribution in [0.2, 0.25) is 0 Å². The van der Waals surface area contributed by atoms with Gasteiger partial charge in [0, 0.05) is 32.3 Å². The molecule has 0 saturated carbocycles. The highest BCUT2D eigenvalue weighted by molar-refractivity contribution is 7.17. The maximum Gasteiger partial charge on any atom is 0.268 e. The van der Waals surface area contributed by atoms with E-state index in [9.17, 15) is 4.79 Å². The summed E-state index contributed by atoms with van der Waals surface area (Å²) in [6.07, 6.45) is 9.11. The highest BCUT2D eigenvalue weighted by atomic mass is 32.1. The van der Waals surface area contributed by atoms with Crippen molar-refractivity contribution in [1.82, 2.24) is 20.1 Å². The lowest BCUT2D eigenvalue weighted by molar-refractivity contribution is 0.0947. The second-order valence-corrected chi connectivity index (χ2v) is 7.55. The molecule has 0 aromatic carbocycles. The monoisotopic (exact) mass is 385 g/mol. The van der Waals surface area contributed by atoms with Gasteiger partial charge in [0.15, 0.2) is 0 Å². The van der Waals surface area contributed by atoms with Gasteiger partial charge in [-0.05, 0) is 37.1 Å². The Morgan fingerprint density at radius 2 is 1.93 bits per heavy atom. The molecule has 1 fully saturated rings. The summed E-state index contributed by atoms with van der Waals surface area (Å²) < 4.78 is 7.10. The number of carbonyl (C=O) groups is 1. The molecule has 0 unspecified atom stereocenters. The van der Waals surface area contributed by atoms with Gasteiger partial charge < -0.3 is 14.6 Å². The van der Waals surface area contributed by atoms with E-state index in [0.29, 0.717) is 18.7 Å². The van der Waals surface area contributed by atoms with Crippen LogP contribution in [0.15, 0.2) is 41.1 Å². The molecule has 3 aromatic heterocycles. The van der Waals surface area contributed by atoms with E-state index in [1.807, 2.05) is 24.4 Å². The minimum atomic E-state index is -0.127. The first kappa shape index (κ1) is 17.8. The van der Waals surface area contributed by atoms with Crippen molar-refractivity contribution in [2.24, 2.45) is 0 Å². The van der Waals surface area contributed by atoms with Gasteiger partial charge in [-0.25, -0.2) is 0 Å². The molecule has 0 radical (unpaired) electrons. The third kappa shape index (κ3) is 4.21. The van der Waals surface area contributed by atoms with Gasteiger partial charge in [0.25, 0.3) is 5.91 Å². The smallest absolute Gasteiger partial charge is 0.268 e. The Morgan fingerprint density at radius 1 is 1.11 bits per heavy atom. The summed E-state index contributed by atoms with van der Waals surface area (Å²) in [5, 5.41) is 13.3. The normalized spacial score (nSPS) is 14.9. The average molecular weight is 385 g/mol. The zero-order valence-corrected chi connectivity index (χ0v) is 16.0. The van der Waals surface area contributed by atoms with E-state index in [0.717, 1.165) is 29.1 Å².